The number of piperazine rings is 1. The Morgan fingerprint density at radius 3 is 2.59 bits per heavy atom. The minimum Gasteiger partial charge on any atom is -0.340 e. The summed E-state index contributed by atoms with van der Waals surface area (Å²) in [5, 5.41) is 0. The van der Waals surface area contributed by atoms with Crippen molar-refractivity contribution in [1.82, 2.24) is 9.80 Å². The summed E-state index contributed by atoms with van der Waals surface area (Å²) in [6.07, 6.45) is 0.875. The fourth-order valence-corrected chi connectivity index (χ4v) is 3.23. The van der Waals surface area contributed by atoms with Gasteiger partial charge in [0.15, 0.2) is 0 Å². The van der Waals surface area contributed by atoms with E-state index in [1.165, 1.54) is 0 Å². The van der Waals surface area contributed by atoms with Gasteiger partial charge in [0.05, 0.1) is 12.8 Å². The van der Waals surface area contributed by atoms with Crippen LogP contribution in [-0.4, -0.2) is 61.4 Å². The zero-order valence-electron chi connectivity index (χ0n) is 13.3. The summed E-state index contributed by atoms with van der Waals surface area (Å²) in [6.45, 7) is 6.77. The monoisotopic (exact) mass is 301 g/mol. The van der Waals surface area contributed by atoms with E-state index >= 15 is 0 Å². The molecule has 0 atom stereocenters. The first-order valence-corrected chi connectivity index (χ1v) is 7.97. The van der Waals surface area contributed by atoms with Crippen LogP contribution in [0.4, 0.5) is 5.69 Å². The van der Waals surface area contributed by atoms with E-state index < -0.39 is 0 Å². The van der Waals surface area contributed by atoms with Crippen LogP contribution in [0.1, 0.15) is 18.1 Å². The second-order valence-electron chi connectivity index (χ2n) is 6.08. The third kappa shape index (κ3) is 2.86. The number of anilines is 1. The highest BCUT2D eigenvalue weighted by molar-refractivity contribution is 6.01. The van der Waals surface area contributed by atoms with Crippen LogP contribution < -0.4 is 4.90 Å². The molecular formula is C17H23N3O2. The Morgan fingerprint density at radius 2 is 1.91 bits per heavy atom. The Labute approximate surface area is 131 Å². The molecule has 1 aromatic carbocycles. The predicted molar refractivity (Wildman–Crippen MR) is 86.0 cm³/mol. The van der Waals surface area contributed by atoms with Gasteiger partial charge in [0.2, 0.25) is 11.8 Å². The molecule has 2 heterocycles. The van der Waals surface area contributed by atoms with Crippen LogP contribution in [0.25, 0.3) is 0 Å². The molecule has 0 aliphatic carbocycles. The summed E-state index contributed by atoms with van der Waals surface area (Å²) in [4.78, 5) is 30.1. The van der Waals surface area contributed by atoms with E-state index in [-0.39, 0.29) is 11.8 Å². The third-order valence-electron chi connectivity index (χ3n) is 4.75. The number of benzene rings is 1. The number of nitrogens with zero attached hydrogens (tertiary/aromatic N) is 3. The molecule has 0 spiro atoms. The molecule has 0 radical (unpaired) electrons. The first kappa shape index (κ1) is 15.0. The molecule has 5 nitrogen and oxygen atoms in total. The zero-order chi connectivity index (χ0) is 15.7. The average Bonchev–Trinajstić information content (AvgIpc) is 2.81. The molecule has 1 saturated heterocycles. The van der Waals surface area contributed by atoms with Crippen LogP contribution in [0.15, 0.2) is 18.2 Å². The standard InChI is InChI=1S/C17H23N3O2/c1-3-19-6-8-20(9-7-19)17(22)11-13-4-5-15-14(10-13)12-16(21)18(15)2/h4-5,10H,3,6-9,11-12H2,1-2H3. The first-order valence-electron chi connectivity index (χ1n) is 7.97. The van der Waals surface area contributed by atoms with Gasteiger partial charge in [-0.1, -0.05) is 19.1 Å². The van der Waals surface area contributed by atoms with Crippen LogP contribution in [0.3, 0.4) is 0 Å². The van der Waals surface area contributed by atoms with Crippen LogP contribution >= 0.6 is 0 Å². The number of fused-ring (bicyclic) bond motifs is 1. The van der Waals surface area contributed by atoms with E-state index in [9.17, 15) is 9.59 Å². The number of hydrogen-bond donors (Lipinski definition) is 0. The van der Waals surface area contributed by atoms with Crippen LogP contribution in [0.5, 0.6) is 0 Å². The van der Waals surface area contributed by atoms with Gasteiger partial charge in [0, 0.05) is 38.9 Å². The Bertz CT molecular complexity index is 592. The molecule has 0 bridgehead atoms. The number of amides is 2. The molecule has 2 aliphatic rings. The highest BCUT2D eigenvalue weighted by Crippen LogP contribution is 2.28. The fourth-order valence-electron chi connectivity index (χ4n) is 3.23. The van der Waals surface area contributed by atoms with Gasteiger partial charge in [-0.3, -0.25) is 9.59 Å². The molecular weight excluding hydrogens is 278 g/mol. The van der Waals surface area contributed by atoms with Crippen molar-refractivity contribution >= 4 is 17.5 Å². The predicted octanol–water partition coefficient (Wildman–Crippen LogP) is 0.912. The Hall–Kier alpha value is -1.88. The Morgan fingerprint density at radius 1 is 1.18 bits per heavy atom. The van der Waals surface area contributed by atoms with Gasteiger partial charge >= 0.3 is 0 Å². The molecule has 22 heavy (non-hydrogen) atoms. The number of likely N-dealkylation sites (N-methyl/N-ethyl adjacent to an activating group) is 2. The van der Waals surface area contributed by atoms with Crippen molar-refractivity contribution in [3.05, 3.63) is 29.3 Å². The molecule has 1 aromatic rings. The Balaban J connectivity index is 1.63. The average molecular weight is 301 g/mol. The van der Waals surface area contributed by atoms with Gasteiger partial charge in [0.1, 0.15) is 0 Å². The summed E-state index contributed by atoms with van der Waals surface area (Å²) < 4.78 is 0. The third-order valence-corrected chi connectivity index (χ3v) is 4.75. The van der Waals surface area contributed by atoms with Gasteiger partial charge in [0.25, 0.3) is 0 Å². The summed E-state index contributed by atoms with van der Waals surface area (Å²) in [5.74, 6) is 0.308. The maximum Gasteiger partial charge on any atom is 0.231 e. The van der Waals surface area contributed by atoms with Crippen molar-refractivity contribution < 1.29 is 9.59 Å². The summed E-state index contributed by atoms with van der Waals surface area (Å²) in [6, 6.07) is 5.93. The lowest BCUT2D eigenvalue weighted by Crippen LogP contribution is -2.48. The van der Waals surface area contributed by atoms with Gasteiger partial charge in [-0.25, -0.2) is 0 Å². The van der Waals surface area contributed by atoms with Crippen molar-refractivity contribution in [2.75, 3.05) is 44.7 Å². The summed E-state index contributed by atoms with van der Waals surface area (Å²) >= 11 is 0. The van der Waals surface area contributed by atoms with Crippen molar-refractivity contribution in [3.8, 4) is 0 Å². The zero-order valence-corrected chi connectivity index (χ0v) is 13.3. The number of carbonyl (C=O) groups is 2. The molecule has 0 aromatic heterocycles. The summed E-state index contributed by atoms with van der Waals surface area (Å²) in [7, 11) is 1.80. The van der Waals surface area contributed by atoms with Crippen LogP contribution in [-0.2, 0) is 22.4 Å². The Kier molecular flexibility index (Phi) is 4.16. The molecule has 0 unspecified atom stereocenters. The van der Waals surface area contributed by atoms with E-state index in [1.807, 2.05) is 23.1 Å². The van der Waals surface area contributed by atoms with E-state index in [0.717, 1.165) is 49.5 Å². The smallest absolute Gasteiger partial charge is 0.231 e. The van der Waals surface area contributed by atoms with Crippen molar-refractivity contribution in [2.24, 2.45) is 0 Å². The highest BCUT2D eigenvalue weighted by atomic mass is 16.2. The first-order chi connectivity index (χ1) is 10.6. The maximum atomic E-state index is 12.4. The minimum absolute atomic E-state index is 0.120. The maximum absolute atomic E-state index is 12.4. The number of carbonyl (C=O) groups excluding carboxylic acids is 2. The van der Waals surface area contributed by atoms with E-state index in [0.29, 0.717) is 12.8 Å². The van der Waals surface area contributed by atoms with Crippen molar-refractivity contribution in [3.63, 3.8) is 0 Å². The van der Waals surface area contributed by atoms with Gasteiger partial charge in [-0.15, -0.1) is 0 Å². The van der Waals surface area contributed by atoms with E-state index in [2.05, 4.69) is 11.8 Å². The van der Waals surface area contributed by atoms with Gasteiger partial charge < -0.3 is 14.7 Å². The van der Waals surface area contributed by atoms with Crippen LogP contribution in [0.2, 0.25) is 0 Å². The molecule has 118 valence electrons. The normalized spacial score (nSPS) is 18.7. The highest BCUT2D eigenvalue weighted by Gasteiger charge is 2.25. The molecule has 3 rings (SSSR count). The van der Waals surface area contributed by atoms with Gasteiger partial charge in [-0.2, -0.15) is 0 Å². The van der Waals surface area contributed by atoms with E-state index in [1.54, 1.807) is 11.9 Å². The molecule has 0 N–H and O–H groups in total. The second kappa shape index (κ2) is 6.08. The lowest BCUT2D eigenvalue weighted by Gasteiger charge is -2.34. The lowest BCUT2D eigenvalue weighted by atomic mass is 10.1. The molecule has 0 saturated carbocycles. The van der Waals surface area contributed by atoms with Gasteiger partial charge in [-0.05, 0) is 23.7 Å². The fraction of sp³-hybridized carbons (Fsp3) is 0.529. The topological polar surface area (TPSA) is 43.9 Å². The molecule has 1 fully saturated rings. The van der Waals surface area contributed by atoms with Crippen LogP contribution in [0, 0.1) is 0 Å². The van der Waals surface area contributed by atoms with Crippen molar-refractivity contribution in [1.29, 1.82) is 0 Å². The molecule has 2 amide bonds. The SMILES string of the molecule is CCN1CCN(C(=O)Cc2ccc3c(c2)CC(=O)N3C)CC1. The number of hydrogen-bond acceptors (Lipinski definition) is 3. The van der Waals surface area contributed by atoms with E-state index in [4.69, 9.17) is 0 Å². The van der Waals surface area contributed by atoms with Crippen molar-refractivity contribution in [2.45, 2.75) is 19.8 Å². The number of rotatable bonds is 3. The molecule has 2 aliphatic heterocycles. The lowest BCUT2D eigenvalue weighted by molar-refractivity contribution is -0.132. The second-order valence-corrected chi connectivity index (χ2v) is 6.08. The quantitative estimate of drug-likeness (QED) is 0.833. The molecule has 5 heteroatoms. The summed E-state index contributed by atoms with van der Waals surface area (Å²) in [5.41, 5.74) is 3.01. The largest absolute Gasteiger partial charge is 0.340 e. The minimum atomic E-state index is 0.120.